The van der Waals surface area contributed by atoms with Crippen LogP contribution in [0.2, 0.25) is 0 Å². The number of methoxy groups -OCH3 is 1. The molecular formula is C25H24O6. The number of allylic oxidation sites excluding steroid dienone is 4. The van der Waals surface area contributed by atoms with Crippen LogP contribution in [0.4, 0.5) is 0 Å². The first-order chi connectivity index (χ1) is 15.1. The van der Waals surface area contributed by atoms with Gasteiger partial charge in [0.2, 0.25) is 0 Å². The summed E-state index contributed by atoms with van der Waals surface area (Å²) in [5.41, 5.74) is 3.19. The second-order valence-electron chi connectivity index (χ2n) is 7.33. The highest BCUT2D eigenvalue weighted by molar-refractivity contribution is 5.97. The van der Waals surface area contributed by atoms with Gasteiger partial charge in [-0.3, -0.25) is 9.59 Å². The maximum absolute atomic E-state index is 12.0. The van der Waals surface area contributed by atoms with Crippen LogP contribution in [0.1, 0.15) is 24.0 Å². The second kappa shape index (κ2) is 9.51. The molecule has 0 fully saturated rings. The van der Waals surface area contributed by atoms with Gasteiger partial charge in [0.25, 0.3) is 0 Å². The molecule has 6 nitrogen and oxygen atoms in total. The van der Waals surface area contributed by atoms with E-state index in [-0.39, 0.29) is 6.42 Å². The Labute approximate surface area is 181 Å². The molecule has 0 saturated heterocycles. The summed E-state index contributed by atoms with van der Waals surface area (Å²) in [7, 11) is 1.25. The highest BCUT2D eigenvalue weighted by Gasteiger charge is 2.35. The van der Waals surface area contributed by atoms with Gasteiger partial charge in [-0.05, 0) is 47.7 Å². The van der Waals surface area contributed by atoms with E-state index < -0.39 is 17.9 Å². The first-order valence-corrected chi connectivity index (χ1v) is 10.3. The first kappa shape index (κ1) is 20.7. The summed E-state index contributed by atoms with van der Waals surface area (Å²) in [5.74, 6) is -0.366. The molecule has 1 aliphatic heterocycles. The van der Waals surface area contributed by atoms with E-state index in [0.29, 0.717) is 24.7 Å². The van der Waals surface area contributed by atoms with Gasteiger partial charge in [0.05, 0.1) is 7.11 Å². The Bertz CT molecular complexity index is 1020. The van der Waals surface area contributed by atoms with E-state index in [1.165, 1.54) is 18.2 Å². The zero-order chi connectivity index (χ0) is 21.6. The highest BCUT2D eigenvalue weighted by Crippen LogP contribution is 2.32. The predicted molar refractivity (Wildman–Crippen MR) is 115 cm³/mol. The number of fused-ring (bicyclic) bond motifs is 1. The fraction of sp³-hybridized carbons (Fsp3) is 0.280. The van der Waals surface area contributed by atoms with Crippen molar-refractivity contribution in [3.63, 3.8) is 0 Å². The molecule has 0 radical (unpaired) electrons. The molecule has 1 unspecified atom stereocenters. The van der Waals surface area contributed by atoms with Gasteiger partial charge in [-0.15, -0.1) is 0 Å². The minimum Gasteiger partial charge on any atom is -0.490 e. The number of hydrogen-bond donors (Lipinski definition) is 0. The number of esters is 2. The molecule has 0 spiro atoms. The van der Waals surface area contributed by atoms with E-state index in [2.05, 4.69) is 35.1 Å². The fourth-order valence-corrected chi connectivity index (χ4v) is 3.58. The minimum absolute atomic E-state index is 0.257. The monoisotopic (exact) mass is 420 g/mol. The molecule has 0 amide bonds. The number of ether oxygens (including phenoxy) is 4. The highest BCUT2D eigenvalue weighted by atomic mass is 16.6. The van der Waals surface area contributed by atoms with Crippen LogP contribution in [-0.2, 0) is 20.7 Å². The lowest BCUT2D eigenvalue weighted by Crippen LogP contribution is -2.34. The Morgan fingerprint density at radius 2 is 1.77 bits per heavy atom. The Hall–Kier alpha value is -3.54. The van der Waals surface area contributed by atoms with Crippen LogP contribution in [0.5, 0.6) is 17.2 Å². The third kappa shape index (κ3) is 4.97. The van der Waals surface area contributed by atoms with Gasteiger partial charge in [0, 0.05) is 12.5 Å². The van der Waals surface area contributed by atoms with Gasteiger partial charge < -0.3 is 18.9 Å². The zero-order valence-electron chi connectivity index (χ0n) is 17.3. The zero-order valence-corrected chi connectivity index (χ0v) is 17.3. The molecule has 160 valence electrons. The molecule has 4 rings (SSSR count). The van der Waals surface area contributed by atoms with Crippen LogP contribution in [-0.4, -0.2) is 32.3 Å². The number of hydrogen-bond acceptors (Lipinski definition) is 6. The largest absolute Gasteiger partial charge is 0.490 e. The molecule has 2 aromatic rings. The lowest BCUT2D eigenvalue weighted by molar-refractivity contribution is -0.156. The van der Waals surface area contributed by atoms with Crippen LogP contribution >= 0.6 is 0 Å². The molecule has 31 heavy (non-hydrogen) atoms. The quantitative estimate of drug-likeness (QED) is 0.290. The Kier molecular flexibility index (Phi) is 6.36. The van der Waals surface area contributed by atoms with Crippen LogP contribution in [0.15, 0.2) is 60.7 Å². The van der Waals surface area contributed by atoms with Crippen LogP contribution in [0.3, 0.4) is 0 Å². The lowest BCUT2D eigenvalue weighted by Gasteiger charge is -2.22. The lowest BCUT2D eigenvalue weighted by atomic mass is 9.96. The topological polar surface area (TPSA) is 71.1 Å². The summed E-state index contributed by atoms with van der Waals surface area (Å²) < 4.78 is 21.4. The molecule has 2 aliphatic rings. The maximum atomic E-state index is 12.0. The van der Waals surface area contributed by atoms with Crippen molar-refractivity contribution in [2.24, 2.45) is 5.92 Å². The molecule has 1 atom stereocenters. The SMILES string of the molecule is COC(=O)C1Cc2ccc(OCCOc3ccc(C4=CCCC=C4)cc3)cc2OC1=O. The standard InChI is InChI=1S/C25H24O6/c1-28-24(26)22-15-19-9-12-21(16-23(19)31-25(22)27)30-14-13-29-20-10-7-18(8-11-20)17-5-3-2-4-6-17/h3,5-12,16,22H,2,4,13-15H2,1H3. The number of carbonyl (C=O) groups is 2. The summed E-state index contributed by atoms with van der Waals surface area (Å²) in [6, 6.07) is 13.2. The van der Waals surface area contributed by atoms with Crippen molar-refractivity contribution < 1.29 is 28.5 Å². The average Bonchev–Trinajstić information content (AvgIpc) is 2.82. The summed E-state index contributed by atoms with van der Waals surface area (Å²) in [6.07, 6.45) is 9.03. The molecule has 1 heterocycles. The average molecular weight is 420 g/mol. The van der Waals surface area contributed by atoms with E-state index in [0.717, 1.165) is 24.2 Å². The van der Waals surface area contributed by atoms with Crippen molar-refractivity contribution in [2.45, 2.75) is 19.3 Å². The maximum Gasteiger partial charge on any atom is 0.326 e. The summed E-state index contributed by atoms with van der Waals surface area (Å²) in [6.45, 7) is 0.719. The Morgan fingerprint density at radius 1 is 1.03 bits per heavy atom. The number of rotatable bonds is 7. The fourth-order valence-electron chi connectivity index (χ4n) is 3.58. The van der Waals surface area contributed by atoms with Gasteiger partial charge in [-0.1, -0.05) is 36.4 Å². The Balaban J connectivity index is 1.27. The minimum atomic E-state index is -0.922. The third-order valence-electron chi connectivity index (χ3n) is 5.25. The molecule has 0 aromatic heterocycles. The van der Waals surface area contributed by atoms with Crippen molar-refractivity contribution in [1.29, 1.82) is 0 Å². The molecule has 1 aliphatic carbocycles. The van der Waals surface area contributed by atoms with Crippen molar-refractivity contribution in [2.75, 3.05) is 20.3 Å². The summed E-state index contributed by atoms with van der Waals surface area (Å²) >= 11 is 0. The number of benzene rings is 2. The molecule has 0 bridgehead atoms. The van der Waals surface area contributed by atoms with Crippen LogP contribution in [0, 0.1) is 5.92 Å². The molecule has 2 aromatic carbocycles. The first-order valence-electron chi connectivity index (χ1n) is 10.3. The second-order valence-corrected chi connectivity index (χ2v) is 7.33. The van der Waals surface area contributed by atoms with Crippen LogP contribution in [0.25, 0.3) is 5.57 Å². The smallest absolute Gasteiger partial charge is 0.326 e. The van der Waals surface area contributed by atoms with Crippen molar-refractivity contribution >= 4 is 17.5 Å². The van der Waals surface area contributed by atoms with Crippen molar-refractivity contribution in [3.8, 4) is 17.2 Å². The van der Waals surface area contributed by atoms with E-state index in [1.54, 1.807) is 18.2 Å². The van der Waals surface area contributed by atoms with Gasteiger partial charge in [0.15, 0.2) is 5.92 Å². The van der Waals surface area contributed by atoms with Gasteiger partial charge in [0.1, 0.15) is 30.5 Å². The normalized spacial score (nSPS) is 17.3. The molecular weight excluding hydrogens is 396 g/mol. The summed E-state index contributed by atoms with van der Waals surface area (Å²) in [5, 5.41) is 0. The Morgan fingerprint density at radius 3 is 2.48 bits per heavy atom. The molecule has 6 heteroatoms. The molecule has 0 N–H and O–H groups in total. The third-order valence-corrected chi connectivity index (χ3v) is 5.25. The van der Waals surface area contributed by atoms with E-state index in [1.807, 2.05) is 12.1 Å². The van der Waals surface area contributed by atoms with Gasteiger partial charge in [-0.2, -0.15) is 0 Å². The predicted octanol–water partition coefficient (Wildman–Crippen LogP) is 4.13. The van der Waals surface area contributed by atoms with Crippen molar-refractivity contribution in [1.82, 2.24) is 0 Å². The van der Waals surface area contributed by atoms with E-state index >= 15 is 0 Å². The van der Waals surface area contributed by atoms with Gasteiger partial charge in [-0.25, -0.2) is 0 Å². The van der Waals surface area contributed by atoms with Gasteiger partial charge >= 0.3 is 11.9 Å². The van der Waals surface area contributed by atoms with Crippen molar-refractivity contribution in [3.05, 3.63) is 71.8 Å². The van der Waals surface area contributed by atoms with Crippen LogP contribution < -0.4 is 14.2 Å². The van der Waals surface area contributed by atoms with E-state index in [4.69, 9.17) is 14.2 Å². The van der Waals surface area contributed by atoms with E-state index in [9.17, 15) is 9.59 Å². The molecule has 0 saturated carbocycles. The number of carbonyl (C=O) groups excluding carboxylic acids is 2. The summed E-state index contributed by atoms with van der Waals surface area (Å²) in [4.78, 5) is 23.7.